The Labute approximate surface area is 183 Å². The molecule has 4 N–H and O–H groups in total. The molecule has 4 rings (SSSR count). The van der Waals surface area contributed by atoms with E-state index < -0.39 is 32.1 Å². The number of nitrogens with two attached hydrogens (primary N) is 1. The molecule has 8 nitrogen and oxygen atoms in total. The average Bonchev–Trinajstić information content (AvgIpc) is 2.73. The Morgan fingerprint density at radius 1 is 1.16 bits per heavy atom. The minimum atomic E-state index is -4.21. The maximum absolute atomic E-state index is 13.7. The molecule has 2 aliphatic heterocycles. The third-order valence-corrected chi connectivity index (χ3v) is 6.86. The van der Waals surface area contributed by atoms with E-state index in [1.807, 2.05) is 0 Å². The first kappa shape index (κ1) is 22.2. The van der Waals surface area contributed by atoms with Crippen molar-refractivity contribution in [3.8, 4) is 0 Å². The number of hydrogen-bond donors (Lipinski definition) is 3. The molecule has 11 heteroatoms. The molecule has 0 aromatic heterocycles. The lowest BCUT2D eigenvalue weighted by molar-refractivity contribution is 0.0915. The number of carbonyl (C=O) groups excluding carboxylic acids is 2. The highest BCUT2D eigenvalue weighted by molar-refractivity contribution is 7.89. The zero-order chi connectivity index (χ0) is 23.1. The number of Topliss-reactive ketones (excluding diaryl/α,β-unsaturated/α-hetero) is 1. The summed E-state index contributed by atoms with van der Waals surface area (Å²) in [6.07, 6.45) is 1.30. The van der Waals surface area contributed by atoms with E-state index in [4.69, 9.17) is 5.14 Å². The number of sulfonamides is 1. The predicted molar refractivity (Wildman–Crippen MR) is 113 cm³/mol. The van der Waals surface area contributed by atoms with Crippen molar-refractivity contribution in [2.45, 2.75) is 36.2 Å². The zero-order valence-corrected chi connectivity index (χ0v) is 17.8. The fourth-order valence-electron chi connectivity index (χ4n) is 4.19. The number of hydrogen-bond acceptors (Lipinski definition) is 5. The Morgan fingerprint density at radius 3 is 2.56 bits per heavy atom. The summed E-state index contributed by atoms with van der Waals surface area (Å²) >= 11 is 0. The van der Waals surface area contributed by atoms with E-state index in [0.717, 1.165) is 12.1 Å². The van der Waals surface area contributed by atoms with Crippen LogP contribution < -0.4 is 15.8 Å². The first-order valence-electron chi connectivity index (χ1n) is 10.0. The number of primary sulfonamides is 1. The number of carbonyl (C=O) groups is 2. The summed E-state index contributed by atoms with van der Waals surface area (Å²) in [4.78, 5) is 26.1. The van der Waals surface area contributed by atoms with Crippen LogP contribution in [-0.4, -0.2) is 43.8 Å². The molecule has 1 spiro atoms. The third-order valence-electron chi connectivity index (χ3n) is 5.93. The zero-order valence-electron chi connectivity index (χ0n) is 17.0. The largest absolute Gasteiger partial charge is 0.378 e. The lowest BCUT2D eigenvalue weighted by atomic mass is 9.78. The number of urea groups is 1. The van der Waals surface area contributed by atoms with Crippen molar-refractivity contribution in [3.05, 3.63) is 59.2 Å². The quantitative estimate of drug-likeness (QED) is 0.644. The van der Waals surface area contributed by atoms with Gasteiger partial charge in [0.25, 0.3) is 0 Å². The Kier molecular flexibility index (Phi) is 5.63. The maximum Gasteiger partial charge on any atom is 0.317 e. The molecule has 2 heterocycles. The van der Waals surface area contributed by atoms with Gasteiger partial charge in [-0.2, -0.15) is 0 Å². The van der Waals surface area contributed by atoms with Crippen LogP contribution in [0.5, 0.6) is 0 Å². The summed E-state index contributed by atoms with van der Waals surface area (Å²) in [6.45, 7) is 0.794. The van der Waals surface area contributed by atoms with E-state index in [9.17, 15) is 26.8 Å². The van der Waals surface area contributed by atoms with E-state index in [1.165, 1.54) is 18.2 Å². The Balaban J connectivity index is 1.36. The number of nitrogens with one attached hydrogen (secondary N) is 2. The van der Waals surface area contributed by atoms with Crippen molar-refractivity contribution in [2.75, 3.05) is 18.4 Å². The molecule has 0 aliphatic carbocycles. The lowest BCUT2D eigenvalue weighted by Gasteiger charge is -2.45. The van der Waals surface area contributed by atoms with Gasteiger partial charge >= 0.3 is 6.03 Å². The molecule has 2 aliphatic rings. The maximum atomic E-state index is 13.7. The number of rotatable bonds is 3. The van der Waals surface area contributed by atoms with Gasteiger partial charge in [-0.15, -0.1) is 0 Å². The van der Waals surface area contributed by atoms with Crippen LogP contribution in [0.1, 0.15) is 35.2 Å². The van der Waals surface area contributed by atoms with Gasteiger partial charge in [-0.25, -0.2) is 27.1 Å². The van der Waals surface area contributed by atoms with Gasteiger partial charge in [0, 0.05) is 42.8 Å². The second-order valence-corrected chi connectivity index (χ2v) is 9.68. The van der Waals surface area contributed by atoms with Crippen molar-refractivity contribution < 1.29 is 26.8 Å². The minimum Gasteiger partial charge on any atom is -0.378 e. The number of piperidine rings is 1. The van der Waals surface area contributed by atoms with Gasteiger partial charge in [0.15, 0.2) is 5.78 Å². The fraction of sp³-hybridized carbons (Fsp3) is 0.333. The average molecular weight is 464 g/mol. The molecule has 0 unspecified atom stereocenters. The van der Waals surface area contributed by atoms with Crippen LogP contribution >= 0.6 is 0 Å². The second kappa shape index (κ2) is 8.14. The molecular weight excluding hydrogens is 442 g/mol. The lowest BCUT2D eigenvalue weighted by Crippen LogP contribution is -2.55. The van der Waals surface area contributed by atoms with Crippen molar-refractivity contribution in [1.29, 1.82) is 0 Å². The highest BCUT2D eigenvalue weighted by atomic mass is 32.2. The summed E-state index contributed by atoms with van der Waals surface area (Å²) in [5.41, 5.74) is 0.845. The summed E-state index contributed by atoms with van der Waals surface area (Å²) in [6, 6.07) is 7.18. The van der Waals surface area contributed by atoms with E-state index in [0.29, 0.717) is 42.7 Å². The molecule has 170 valence electrons. The fourth-order valence-corrected chi connectivity index (χ4v) is 4.85. The summed E-state index contributed by atoms with van der Waals surface area (Å²) in [7, 11) is -4.21. The smallest absolute Gasteiger partial charge is 0.317 e. The topological polar surface area (TPSA) is 122 Å². The molecule has 1 fully saturated rings. The van der Waals surface area contributed by atoms with E-state index in [-0.39, 0.29) is 24.8 Å². The summed E-state index contributed by atoms with van der Waals surface area (Å²) in [5.74, 6) is -1.54. The van der Waals surface area contributed by atoms with E-state index in [2.05, 4.69) is 10.6 Å². The van der Waals surface area contributed by atoms with Crippen molar-refractivity contribution in [1.82, 2.24) is 10.2 Å². The minimum absolute atomic E-state index is 0.00104. The first-order chi connectivity index (χ1) is 15.1. The number of halogens is 2. The normalized spacial score (nSPS) is 17.6. The first-order valence-corrected chi connectivity index (χ1v) is 11.6. The van der Waals surface area contributed by atoms with Crippen LogP contribution in [-0.2, 0) is 16.6 Å². The van der Waals surface area contributed by atoms with Crippen molar-refractivity contribution in [2.24, 2.45) is 5.14 Å². The predicted octanol–water partition coefficient (Wildman–Crippen LogP) is 2.35. The van der Waals surface area contributed by atoms with Gasteiger partial charge in [0.1, 0.15) is 16.5 Å². The Morgan fingerprint density at radius 2 is 1.88 bits per heavy atom. The molecule has 2 aromatic carbocycles. The molecule has 2 aromatic rings. The Hall–Kier alpha value is -3.05. The van der Waals surface area contributed by atoms with Gasteiger partial charge in [0.05, 0.1) is 0 Å². The van der Waals surface area contributed by atoms with E-state index >= 15 is 0 Å². The van der Waals surface area contributed by atoms with Gasteiger partial charge in [-0.05, 0) is 48.7 Å². The van der Waals surface area contributed by atoms with Gasteiger partial charge in [-0.1, -0.05) is 6.07 Å². The van der Waals surface area contributed by atoms with Gasteiger partial charge in [0.2, 0.25) is 10.0 Å². The number of ketones is 1. The highest BCUT2D eigenvalue weighted by Gasteiger charge is 2.41. The summed E-state index contributed by atoms with van der Waals surface area (Å²) in [5, 5.41) is 11.1. The van der Waals surface area contributed by atoms with Crippen molar-refractivity contribution in [3.63, 3.8) is 0 Å². The van der Waals surface area contributed by atoms with Crippen LogP contribution in [0, 0.1) is 11.6 Å². The monoisotopic (exact) mass is 464 g/mol. The van der Waals surface area contributed by atoms with Crippen LogP contribution in [0.2, 0.25) is 0 Å². The SMILES string of the molecule is NS(=O)(=O)c1cc(CNC(=O)N2CCC3(CC2)CC(=O)c2cc(F)ccc2N3)ccc1F. The molecule has 0 bridgehead atoms. The Bertz CT molecular complexity index is 1190. The molecule has 0 atom stereocenters. The van der Waals surface area contributed by atoms with Crippen LogP contribution in [0.15, 0.2) is 41.3 Å². The summed E-state index contributed by atoms with van der Waals surface area (Å²) < 4.78 is 50.0. The number of likely N-dealkylation sites (tertiary alicyclic amines) is 1. The van der Waals surface area contributed by atoms with Gasteiger partial charge in [-0.3, -0.25) is 4.79 Å². The van der Waals surface area contributed by atoms with Crippen LogP contribution in [0.4, 0.5) is 19.3 Å². The van der Waals surface area contributed by atoms with Gasteiger partial charge < -0.3 is 15.5 Å². The van der Waals surface area contributed by atoms with E-state index in [1.54, 1.807) is 11.0 Å². The van der Waals surface area contributed by atoms with Crippen LogP contribution in [0.3, 0.4) is 0 Å². The third kappa shape index (κ3) is 4.44. The number of nitrogens with zero attached hydrogens (tertiary/aromatic N) is 1. The second-order valence-electron chi connectivity index (χ2n) is 8.15. The molecular formula is C21H22F2N4O4S. The number of fused-ring (bicyclic) bond motifs is 1. The highest BCUT2D eigenvalue weighted by Crippen LogP contribution is 2.37. The standard InChI is InChI=1S/C21H22F2N4O4S/c22-14-2-4-17-15(10-14)18(28)11-21(26-17)5-7-27(8-6-21)20(29)25-12-13-1-3-16(23)19(9-13)32(24,30)31/h1-4,9-10,26H,5-8,11-12H2,(H,25,29)(H2,24,30,31). The number of benzene rings is 2. The molecule has 0 saturated carbocycles. The van der Waals surface area contributed by atoms with Crippen LogP contribution in [0.25, 0.3) is 0 Å². The number of amides is 2. The molecule has 1 saturated heterocycles. The molecule has 2 amide bonds. The molecule has 32 heavy (non-hydrogen) atoms. The van der Waals surface area contributed by atoms with Crippen molar-refractivity contribution >= 4 is 27.5 Å². The number of anilines is 1. The molecule has 0 radical (unpaired) electrons.